The van der Waals surface area contributed by atoms with E-state index in [2.05, 4.69) is 27.2 Å². The molecule has 0 radical (unpaired) electrons. The second-order valence-electron chi connectivity index (χ2n) is 4.60. The second kappa shape index (κ2) is 5.92. The summed E-state index contributed by atoms with van der Waals surface area (Å²) in [6.07, 6.45) is 6.07. The number of hydrogen-bond donors (Lipinski definition) is 1. The molecule has 16 heavy (non-hydrogen) atoms. The Balaban J connectivity index is 1.68. The lowest BCUT2D eigenvalue weighted by Gasteiger charge is -2.29. The Labute approximate surface area is 97.1 Å². The lowest BCUT2D eigenvalue weighted by Crippen LogP contribution is -2.37. The third kappa shape index (κ3) is 3.54. The van der Waals surface area contributed by atoms with Crippen LogP contribution in [0.2, 0.25) is 0 Å². The van der Waals surface area contributed by atoms with Gasteiger partial charge < -0.3 is 10.2 Å². The first kappa shape index (κ1) is 11.5. The molecule has 0 amide bonds. The van der Waals surface area contributed by atoms with Crippen LogP contribution in [0.25, 0.3) is 0 Å². The van der Waals surface area contributed by atoms with Gasteiger partial charge in [0.15, 0.2) is 0 Å². The van der Waals surface area contributed by atoms with Crippen LogP contribution in [0.5, 0.6) is 0 Å². The average molecular weight is 220 g/mol. The van der Waals surface area contributed by atoms with Crippen molar-refractivity contribution in [3.8, 4) is 0 Å². The summed E-state index contributed by atoms with van der Waals surface area (Å²) in [6, 6.07) is 1.96. The summed E-state index contributed by atoms with van der Waals surface area (Å²) in [7, 11) is 2.20. The van der Waals surface area contributed by atoms with Gasteiger partial charge >= 0.3 is 0 Å². The zero-order valence-corrected chi connectivity index (χ0v) is 9.89. The first-order valence-corrected chi connectivity index (χ1v) is 5.99. The average Bonchev–Trinajstić information content (AvgIpc) is 2.30. The molecule has 1 saturated heterocycles. The maximum Gasteiger partial charge on any atom is 0.115 e. The van der Waals surface area contributed by atoms with Crippen molar-refractivity contribution in [1.82, 2.24) is 20.2 Å². The standard InChI is InChI=1S/C12H20N4/c1-16-6-2-3-11(9-16)7-14-8-12-4-5-13-10-15-12/h4-5,10-11,14H,2-3,6-9H2,1H3. The van der Waals surface area contributed by atoms with Gasteiger partial charge in [0.05, 0.1) is 5.69 Å². The second-order valence-corrected chi connectivity index (χ2v) is 4.60. The van der Waals surface area contributed by atoms with Gasteiger partial charge in [-0.1, -0.05) is 0 Å². The fraction of sp³-hybridized carbons (Fsp3) is 0.667. The fourth-order valence-corrected chi connectivity index (χ4v) is 2.27. The lowest BCUT2D eigenvalue weighted by atomic mass is 9.98. The molecule has 1 unspecified atom stereocenters. The van der Waals surface area contributed by atoms with Gasteiger partial charge in [0.25, 0.3) is 0 Å². The summed E-state index contributed by atoms with van der Waals surface area (Å²) in [5.74, 6) is 0.792. The molecule has 4 heteroatoms. The monoisotopic (exact) mass is 220 g/mol. The molecule has 0 saturated carbocycles. The van der Waals surface area contributed by atoms with Gasteiger partial charge in [-0.25, -0.2) is 9.97 Å². The van der Waals surface area contributed by atoms with Crippen molar-refractivity contribution in [3.63, 3.8) is 0 Å². The van der Waals surface area contributed by atoms with E-state index in [1.54, 1.807) is 12.5 Å². The molecule has 1 aromatic heterocycles. The zero-order valence-electron chi connectivity index (χ0n) is 9.89. The topological polar surface area (TPSA) is 41.0 Å². The molecule has 2 rings (SSSR count). The number of aromatic nitrogens is 2. The first-order chi connectivity index (χ1) is 7.84. The summed E-state index contributed by atoms with van der Waals surface area (Å²) >= 11 is 0. The van der Waals surface area contributed by atoms with E-state index >= 15 is 0 Å². The largest absolute Gasteiger partial charge is 0.311 e. The maximum atomic E-state index is 4.19. The van der Waals surface area contributed by atoms with Crippen LogP contribution in [-0.4, -0.2) is 41.5 Å². The highest BCUT2D eigenvalue weighted by molar-refractivity contribution is 4.96. The number of hydrogen-bond acceptors (Lipinski definition) is 4. The van der Waals surface area contributed by atoms with Crippen LogP contribution in [0, 0.1) is 5.92 Å². The third-order valence-corrected chi connectivity index (χ3v) is 3.10. The van der Waals surface area contributed by atoms with Crippen LogP contribution >= 0.6 is 0 Å². The third-order valence-electron chi connectivity index (χ3n) is 3.10. The van der Waals surface area contributed by atoms with Gasteiger partial charge in [0, 0.05) is 19.3 Å². The van der Waals surface area contributed by atoms with Gasteiger partial charge in [-0.2, -0.15) is 0 Å². The van der Waals surface area contributed by atoms with E-state index in [9.17, 15) is 0 Å². The Hall–Kier alpha value is -1.00. The van der Waals surface area contributed by atoms with E-state index in [1.807, 2.05) is 6.07 Å². The maximum absolute atomic E-state index is 4.19. The number of piperidine rings is 1. The van der Waals surface area contributed by atoms with E-state index in [0.29, 0.717) is 0 Å². The van der Waals surface area contributed by atoms with Crippen LogP contribution in [0.3, 0.4) is 0 Å². The summed E-state index contributed by atoms with van der Waals surface area (Å²) < 4.78 is 0. The zero-order chi connectivity index (χ0) is 11.2. The molecule has 0 spiro atoms. The molecule has 0 aromatic carbocycles. The van der Waals surface area contributed by atoms with Gasteiger partial charge in [-0.05, 0) is 45.0 Å². The Kier molecular flexibility index (Phi) is 4.25. The van der Waals surface area contributed by atoms with Gasteiger partial charge in [-0.3, -0.25) is 0 Å². The van der Waals surface area contributed by atoms with Crippen molar-refractivity contribution in [2.24, 2.45) is 5.92 Å². The summed E-state index contributed by atoms with van der Waals surface area (Å²) in [5, 5.41) is 3.48. The summed E-state index contributed by atoms with van der Waals surface area (Å²) in [6.45, 7) is 4.41. The van der Waals surface area contributed by atoms with Gasteiger partial charge in [0.1, 0.15) is 6.33 Å². The lowest BCUT2D eigenvalue weighted by molar-refractivity contribution is 0.206. The molecule has 1 fully saturated rings. The Morgan fingerprint density at radius 3 is 3.25 bits per heavy atom. The molecule has 0 bridgehead atoms. The molecular weight excluding hydrogens is 200 g/mol. The van der Waals surface area contributed by atoms with Crippen molar-refractivity contribution in [2.75, 3.05) is 26.7 Å². The SMILES string of the molecule is CN1CCCC(CNCc2ccncn2)C1. The smallest absolute Gasteiger partial charge is 0.115 e. The molecule has 4 nitrogen and oxygen atoms in total. The van der Waals surface area contributed by atoms with Crippen LogP contribution in [0.15, 0.2) is 18.6 Å². The van der Waals surface area contributed by atoms with Crippen LogP contribution < -0.4 is 5.32 Å². The Morgan fingerprint density at radius 1 is 1.56 bits per heavy atom. The Bertz CT molecular complexity index is 301. The first-order valence-electron chi connectivity index (χ1n) is 5.99. The molecule has 1 atom stereocenters. The molecule has 1 aromatic rings. The van der Waals surface area contributed by atoms with Gasteiger partial charge in [-0.15, -0.1) is 0 Å². The number of nitrogens with one attached hydrogen (secondary N) is 1. The summed E-state index contributed by atoms with van der Waals surface area (Å²) in [4.78, 5) is 10.5. The number of rotatable bonds is 4. The molecule has 0 aliphatic carbocycles. The predicted octanol–water partition coefficient (Wildman–Crippen LogP) is 0.908. The minimum absolute atomic E-state index is 0.792. The minimum atomic E-state index is 0.792. The number of likely N-dealkylation sites (tertiary alicyclic amines) is 1. The van der Waals surface area contributed by atoms with Gasteiger partial charge in [0.2, 0.25) is 0 Å². The highest BCUT2D eigenvalue weighted by atomic mass is 15.1. The molecule has 1 N–H and O–H groups in total. The predicted molar refractivity (Wildman–Crippen MR) is 64.0 cm³/mol. The number of nitrogens with zero attached hydrogens (tertiary/aromatic N) is 3. The van der Waals surface area contributed by atoms with E-state index in [-0.39, 0.29) is 0 Å². The normalized spacial score (nSPS) is 22.2. The van der Waals surface area contributed by atoms with Crippen LogP contribution in [-0.2, 0) is 6.54 Å². The van der Waals surface area contributed by atoms with E-state index in [0.717, 1.165) is 24.7 Å². The van der Waals surface area contributed by atoms with Crippen LogP contribution in [0.1, 0.15) is 18.5 Å². The van der Waals surface area contributed by atoms with Crippen molar-refractivity contribution < 1.29 is 0 Å². The molecular formula is C12H20N4. The fourth-order valence-electron chi connectivity index (χ4n) is 2.27. The highest BCUT2D eigenvalue weighted by Gasteiger charge is 2.16. The van der Waals surface area contributed by atoms with E-state index in [1.165, 1.54) is 25.9 Å². The summed E-state index contributed by atoms with van der Waals surface area (Å²) in [5.41, 5.74) is 1.07. The molecule has 1 aliphatic rings. The highest BCUT2D eigenvalue weighted by Crippen LogP contribution is 2.13. The van der Waals surface area contributed by atoms with Crippen molar-refractivity contribution in [3.05, 3.63) is 24.3 Å². The minimum Gasteiger partial charge on any atom is -0.311 e. The van der Waals surface area contributed by atoms with E-state index < -0.39 is 0 Å². The Morgan fingerprint density at radius 2 is 2.50 bits per heavy atom. The quantitative estimate of drug-likeness (QED) is 0.819. The molecule has 1 aliphatic heterocycles. The van der Waals surface area contributed by atoms with E-state index in [4.69, 9.17) is 0 Å². The van der Waals surface area contributed by atoms with Crippen molar-refractivity contribution in [2.45, 2.75) is 19.4 Å². The van der Waals surface area contributed by atoms with Crippen molar-refractivity contribution in [1.29, 1.82) is 0 Å². The van der Waals surface area contributed by atoms with Crippen molar-refractivity contribution >= 4 is 0 Å². The molecule has 88 valence electrons. The molecule has 2 heterocycles. The van der Waals surface area contributed by atoms with Crippen LogP contribution in [0.4, 0.5) is 0 Å².